The molecule has 2 aromatic heterocycles. The molecule has 1 atom stereocenters. The van der Waals surface area contributed by atoms with Crippen LogP contribution in [0.5, 0.6) is 0 Å². The molecule has 5 nitrogen and oxygen atoms in total. The number of benzene rings is 1. The second-order valence-electron chi connectivity index (χ2n) is 5.57. The highest BCUT2D eigenvalue weighted by Gasteiger charge is 2.19. The zero-order chi connectivity index (χ0) is 14.1. The standard InChI is InChI=1S/C16H17N3O2/c1-2-6-14-12(5-1)13(10-20-14)16-18-15(21-19-16)8-11-4-3-7-17-9-11/h1-2,5-6,10-11,17H,3-4,7-9H2. The highest BCUT2D eigenvalue weighted by Crippen LogP contribution is 2.28. The minimum Gasteiger partial charge on any atom is -0.464 e. The van der Waals surface area contributed by atoms with Gasteiger partial charge in [0, 0.05) is 11.8 Å². The molecule has 1 fully saturated rings. The van der Waals surface area contributed by atoms with Crippen molar-refractivity contribution in [3.8, 4) is 11.4 Å². The van der Waals surface area contributed by atoms with Crippen molar-refractivity contribution in [3.05, 3.63) is 36.4 Å². The topological polar surface area (TPSA) is 64.1 Å². The molecule has 3 aromatic rings. The Bertz CT molecular complexity index is 741. The average Bonchev–Trinajstić information content (AvgIpc) is 3.14. The molecule has 0 spiro atoms. The summed E-state index contributed by atoms with van der Waals surface area (Å²) < 4.78 is 10.9. The minimum absolute atomic E-state index is 0.591. The lowest BCUT2D eigenvalue weighted by Crippen LogP contribution is -2.30. The monoisotopic (exact) mass is 283 g/mol. The van der Waals surface area contributed by atoms with Crippen molar-refractivity contribution >= 4 is 11.0 Å². The molecule has 0 amide bonds. The largest absolute Gasteiger partial charge is 0.464 e. The molecule has 1 aliphatic heterocycles. The molecule has 1 unspecified atom stereocenters. The molecule has 4 rings (SSSR count). The van der Waals surface area contributed by atoms with E-state index in [9.17, 15) is 0 Å². The maximum atomic E-state index is 5.53. The van der Waals surface area contributed by atoms with Crippen LogP contribution in [-0.4, -0.2) is 23.2 Å². The smallest absolute Gasteiger partial charge is 0.227 e. The third-order valence-electron chi connectivity index (χ3n) is 4.05. The lowest BCUT2D eigenvalue weighted by Gasteiger charge is -2.20. The molecule has 0 bridgehead atoms. The molecule has 0 saturated carbocycles. The first kappa shape index (κ1) is 12.6. The van der Waals surface area contributed by atoms with Crippen LogP contribution in [0.1, 0.15) is 18.7 Å². The normalized spacial score (nSPS) is 19.1. The quantitative estimate of drug-likeness (QED) is 0.800. The van der Waals surface area contributed by atoms with Crippen molar-refractivity contribution in [2.45, 2.75) is 19.3 Å². The van der Waals surface area contributed by atoms with E-state index >= 15 is 0 Å². The van der Waals surface area contributed by atoms with Gasteiger partial charge in [-0.1, -0.05) is 23.4 Å². The summed E-state index contributed by atoms with van der Waals surface area (Å²) in [5.41, 5.74) is 1.73. The van der Waals surface area contributed by atoms with Gasteiger partial charge in [-0.15, -0.1) is 0 Å². The Morgan fingerprint density at radius 1 is 1.29 bits per heavy atom. The first-order valence-electron chi connectivity index (χ1n) is 7.40. The Hall–Kier alpha value is -2.14. The van der Waals surface area contributed by atoms with Crippen LogP contribution in [0.25, 0.3) is 22.4 Å². The third kappa shape index (κ3) is 2.45. The predicted octanol–water partition coefficient (Wildman–Crippen LogP) is 3.02. The van der Waals surface area contributed by atoms with Crippen molar-refractivity contribution in [1.82, 2.24) is 15.5 Å². The van der Waals surface area contributed by atoms with Gasteiger partial charge in [-0.2, -0.15) is 4.98 Å². The van der Waals surface area contributed by atoms with E-state index in [1.54, 1.807) is 6.26 Å². The first-order chi connectivity index (χ1) is 10.4. The fourth-order valence-corrected chi connectivity index (χ4v) is 2.94. The van der Waals surface area contributed by atoms with Crippen LogP contribution in [0.2, 0.25) is 0 Å². The van der Waals surface area contributed by atoms with Crippen molar-refractivity contribution in [3.63, 3.8) is 0 Å². The second-order valence-corrected chi connectivity index (χ2v) is 5.57. The molecule has 0 radical (unpaired) electrons. The fraction of sp³-hybridized carbons (Fsp3) is 0.375. The van der Waals surface area contributed by atoms with Gasteiger partial charge in [-0.25, -0.2) is 0 Å². The Kier molecular flexibility index (Phi) is 3.20. The third-order valence-corrected chi connectivity index (χ3v) is 4.05. The number of para-hydroxylation sites is 1. The van der Waals surface area contributed by atoms with Gasteiger partial charge in [0.15, 0.2) is 0 Å². The van der Waals surface area contributed by atoms with Crippen LogP contribution in [-0.2, 0) is 6.42 Å². The van der Waals surface area contributed by atoms with Crippen LogP contribution in [0.4, 0.5) is 0 Å². The molecular weight excluding hydrogens is 266 g/mol. The van der Waals surface area contributed by atoms with Gasteiger partial charge in [0.2, 0.25) is 11.7 Å². The van der Waals surface area contributed by atoms with E-state index in [1.165, 1.54) is 12.8 Å². The highest BCUT2D eigenvalue weighted by atomic mass is 16.5. The molecular formula is C16H17N3O2. The van der Waals surface area contributed by atoms with E-state index in [2.05, 4.69) is 15.5 Å². The number of nitrogens with zero attached hydrogens (tertiary/aromatic N) is 2. The van der Waals surface area contributed by atoms with Gasteiger partial charge in [0.25, 0.3) is 0 Å². The van der Waals surface area contributed by atoms with Crippen LogP contribution < -0.4 is 5.32 Å². The number of furan rings is 1. The molecule has 5 heteroatoms. The fourth-order valence-electron chi connectivity index (χ4n) is 2.94. The van der Waals surface area contributed by atoms with E-state index in [0.717, 1.165) is 36.0 Å². The summed E-state index contributed by atoms with van der Waals surface area (Å²) in [5.74, 6) is 1.91. The number of nitrogens with one attached hydrogen (secondary N) is 1. The summed E-state index contributed by atoms with van der Waals surface area (Å²) in [6, 6.07) is 7.88. The summed E-state index contributed by atoms with van der Waals surface area (Å²) in [6.07, 6.45) is 4.98. The first-order valence-corrected chi connectivity index (χ1v) is 7.40. The van der Waals surface area contributed by atoms with Crippen LogP contribution in [0.3, 0.4) is 0 Å². The number of hydrogen-bond acceptors (Lipinski definition) is 5. The molecule has 1 saturated heterocycles. The Morgan fingerprint density at radius 3 is 3.14 bits per heavy atom. The zero-order valence-corrected chi connectivity index (χ0v) is 11.7. The molecule has 0 aliphatic carbocycles. The SMILES string of the molecule is c1ccc2c(-c3noc(CC4CCCNC4)n3)coc2c1. The number of fused-ring (bicyclic) bond motifs is 1. The Balaban J connectivity index is 1.59. The van der Waals surface area contributed by atoms with Gasteiger partial charge in [-0.05, 0) is 37.9 Å². The van der Waals surface area contributed by atoms with Crippen molar-refractivity contribution in [2.75, 3.05) is 13.1 Å². The summed E-state index contributed by atoms with van der Waals surface area (Å²) in [5, 5.41) is 8.53. The van der Waals surface area contributed by atoms with Gasteiger partial charge in [-0.3, -0.25) is 0 Å². The van der Waals surface area contributed by atoms with Crippen molar-refractivity contribution in [1.29, 1.82) is 0 Å². The molecule has 1 aliphatic rings. The zero-order valence-electron chi connectivity index (χ0n) is 11.7. The van der Waals surface area contributed by atoms with Crippen LogP contribution >= 0.6 is 0 Å². The maximum Gasteiger partial charge on any atom is 0.227 e. The maximum absolute atomic E-state index is 5.53. The highest BCUT2D eigenvalue weighted by molar-refractivity contribution is 5.91. The molecule has 21 heavy (non-hydrogen) atoms. The van der Waals surface area contributed by atoms with Crippen LogP contribution in [0.15, 0.2) is 39.5 Å². The van der Waals surface area contributed by atoms with Gasteiger partial charge in [0.1, 0.15) is 11.8 Å². The van der Waals surface area contributed by atoms with Gasteiger partial charge < -0.3 is 14.3 Å². The van der Waals surface area contributed by atoms with Crippen molar-refractivity contribution in [2.24, 2.45) is 5.92 Å². The predicted molar refractivity (Wildman–Crippen MR) is 78.8 cm³/mol. The lowest BCUT2D eigenvalue weighted by atomic mass is 9.96. The second kappa shape index (κ2) is 5.33. The van der Waals surface area contributed by atoms with Gasteiger partial charge in [0.05, 0.1) is 5.56 Å². The summed E-state index contributed by atoms with van der Waals surface area (Å²) >= 11 is 0. The van der Waals surface area contributed by atoms with E-state index in [4.69, 9.17) is 8.94 Å². The van der Waals surface area contributed by atoms with Gasteiger partial charge >= 0.3 is 0 Å². The van der Waals surface area contributed by atoms with E-state index in [0.29, 0.717) is 17.6 Å². The molecule has 3 heterocycles. The average molecular weight is 283 g/mol. The van der Waals surface area contributed by atoms with E-state index in [-0.39, 0.29) is 0 Å². The van der Waals surface area contributed by atoms with Crippen molar-refractivity contribution < 1.29 is 8.94 Å². The number of piperidine rings is 1. The Morgan fingerprint density at radius 2 is 2.24 bits per heavy atom. The Labute approximate surface area is 122 Å². The van der Waals surface area contributed by atoms with E-state index < -0.39 is 0 Å². The molecule has 108 valence electrons. The van der Waals surface area contributed by atoms with E-state index in [1.807, 2.05) is 24.3 Å². The summed E-state index contributed by atoms with van der Waals surface area (Å²) in [4.78, 5) is 4.53. The minimum atomic E-state index is 0.591. The van der Waals surface area contributed by atoms with Crippen LogP contribution in [0, 0.1) is 5.92 Å². The molecule has 1 N–H and O–H groups in total. The number of hydrogen-bond donors (Lipinski definition) is 1. The number of aromatic nitrogens is 2. The summed E-state index contributed by atoms with van der Waals surface area (Å²) in [6.45, 7) is 2.15. The molecule has 1 aromatic carbocycles. The number of rotatable bonds is 3. The lowest BCUT2D eigenvalue weighted by molar-refractivity contribution is 0.316. The summed E-state index contributed by atoms with van der Waals surface area (Å²) in [7, 11) is 0.